The summed E-state index contributed by atoms with van der Waals surface area (Å²) >= 11 is 0. The largest absolute Gasteiger partial charge is 0.484 e. The Morgan fingerprint density at radius 1 is 0.941 bits per heavy atom. The van der Waals surface area contributed by atoms with Gasteiger partial charge in [0.25, 0.3) is 5.91 Å². The van der Waals surface area contributed by atoms with Crippen LogP contribution in [0.5, 0.6) is 5.75 Å². The molecule has 174 valence electrons. The molecule has 9 heteroatoms. The molecule has 0 aliphatic carbocycles. The number of nitrogens with one attached hydrogen (secondary N) is 1. The van der Waals surface area contributed by atoms with Gasteiger partial charge in [0, 0.05) is 18.8 Å². The fourth-order valence-electron chi connectivity index (χ4n) is 3.47. The molecule has 3 aromatic carbocycles. The van der Waals surface area contributed by atoms with E-state index in [4.69, 9.17) is 14.7 Å². The Hall–Kier alpha value is -3.71. The van der Waals surface area contributed by atoms with Crippen LogP contribution in [-0.4, -0.2) is 51.5 Å². The van der Waals surface area contributed by atoms with E-state index < -0.39 is 10.0 Å². The van der Waals surface area contributed by atoms with Crippen molar-refractivity contribution >= 4 is 21.6 Å². The highest BCUT2D eigenvalue weighted by atomic mass is 32.2. The summed E-state index contributed by atoms with van der Waals surface area (Å²) in [5.74, 6) is 0.180. The first-order valence-corrected chi connectivity index (χ1v) is 12.1. The Labute approximate surface area is 198 Å². The van der Waals surface area contributed by atoms with Crippen molar-refractivity contribution in [3.63, 3.8) is 0 Å². The number of benzene rings is 3. The molecule has 0 bridgehead atoms. The van der Waals surface area contributed by atoms with Crippen LogP contribution in [0, 0.1) is 11.3 Å². The van der Waals surface area contributed by atoms with E-state index in [-0.39, 0.29) is 17.4 Å². The number of nitrogens with zero attached hydrogens (tertiary/aromatic N) is 2. The first-order valence-electron chi connectivity index (χ1n) is 10.7. The van der Waals surface area contributed by atoms with E-state index in [1.807, 2.05) is 24.3 Å². The second-order valence-electron chi connectivity index (χ2n) is 7.59. The monoisotopic (exact) mass is 477 g/mol. The smallest absolute Gasteiger partial charge is 0.262 e. The molecule has 3 aromatic rings. The van der Waals surface area contributed by atoms with Crippen molar-refractivity contribution in [2.75, 3.05) is 38.2 Å². The van der Waals surface area contributed by atoms with E-state index in [1.54, 1.807) is 36.4 Å². The second kappa shape index (κ2) is 10.5. The number of nitriles is 1. The number of hydrogen-bond donors (Lipinski definition) is 1. The van der Waals surface area contributed by atoms with Crippen LogP contribution < -0.4 is 10.1 Å². The molecule has 0 spiro atoms. The van der Waals surface area contributed by atoms with Crippen molar-refractivity contribution in [3.05, 3.63) is 78.4 Å². The quantitative estimate of drug-likeness (QED) is 0.560. The molecular weight excluding hydrogens is 454 g/mol. The van der Waals surface area contributed by atoms with Gasteiger partial charge >= 0.3 is 0 Å². The van der Waals surface area contributed by atoms with Crippen molar-refractivity contribution in [2.24, 2.45) is 0 Å². The van der Waals surface area contributed by atoms with Crippen LogP contribution in [0.4, 0.5) is 5.69 Å². The van der Waals surface area contributed by atoms with Gasteiger partial charge < -0.3 is 14.8 Å². The van der Waals surface area contributed by atoms with Crippen molar-refractivity contribution in [2.45, 2.75) is 4.90 Å². The lowest BCUT2D eigenvalue weighted by atomic mass is 10.0. The summed E-state index contributed by atoms with van der Waals surface area (Å²) in [7, 11) is -3.58. The second-order valence-corrected chi connectivity index (χ2v) is 9.53. The average Bonchev–Trinajstić information content (AvgIpc) is 2.89. The highest BCUT2D eigenvalue weighted by Crippen LogP contribution is 2.23. The van der Waals surface area contributed by atoms with Gasteiger partial charge in [-0.3, -0.25) is 4.79 Å². The van der Waals surface area contributed by atoms with E-state index in [0.29, 0.717) is 43.3 Å². The minimum absolute atomic E-state index is 0.172. The van der Waals surface area contributed by atoms with Gasteiger partial charge in [-0.2, -0.15) is 9.57 Å². The highest BCUT2D eigenvalue weighted by molar-refractivity contribution is 7.89. The first kappa shape index (κ1) is 23.4. The molecular formula is C25H23N3O5S. The molecule has 4 rings (SSSR count). The number of hydrogen-bond acceptors (Lipinski definition) is 6. The van der Waals surface area contributed by atoms with Crippen LogP contribution in [-0.2, 0) is 19.6 Å². The first-order chi connectivity index (χ1) is 16.5. The summed E-state index contributed by atoms with van der Waals surface area (Å²) < 4.78 is 37.5. The number of sulfonamides is 1. The molecule has 1 N–H and O–H groups in total. The Morgan fingerprint density at radius 3 is 2.12 bits per heavy atom. The predicted octanol–water partition coefficient (Wildman–Crippen LogP) is 3.26. The van der Waals surface area contributed by atoms with E-state index >= 15 is 0 Å². The van der Waals surface area contributed by atoms with Gasteiger partial charge in [0.2, 0.25) is 10.0 Å². The number of anilines is 1. The van der Waals surface area contributed by atoms with Crippen molar-refractivity contribution in [1.29, 1.82) is 5.26 Å². The number of carbonyl (C=O) groups is 1. The highest BCUT2D eigenvalue weighted by Gasteiger charge is 2.26. The molecule has 1 heterocycles. The molecule has 1 fully saturated rings. The minimum Gasteiger partial charge on any atom is -0.484 e. The van der Waals surface area contributed by atoms with Crippen molar-refractivity contribution in [3.8, 4) is 22.9 Å². The van der Waals surface area contributed by atoms with Gasteiger partial charge in [0.1, 0.15) is 5.75 Å². The number of rotatable bonds is 7. The van der Waals surface area contributed by atoms with E-state index in [1.165, 1.54) is 16.4 Å². The molecule has 1 saturated heterocycles. The molecule has 8 nitrogen and oxygen atoms in total. The van der Waals surface area contributed by atoms with Gasteiger partial charge in [0.15, 0.2) is 6.61 Å². The number of carbonyl (C=O) groups excluding carboxylic acids is 1. The summed E-state index contributed by atoms with van der Waals surface area (Å²) in [5, 5.41) is 11.6. The topological polar surface area (TPSA) is 109 Å². The van der Waals surface area contributed by atoms with Crippen LogP contribution >= 0.6 is 0 Å². The lowest BCUT2D eigenvalue weighted by molar-refractivity contribution is -0.118. The third kappa shape index (κ3) is 5.61. The molecule has 0 radical (unpaired) electrons. The predicted molar refractivity (Wildman–Crippen MR) is 127 cm³/mol. The summed E-state index contributed by atoms with van der Waals surface area (Å²) in [6.07, 6.45) is 0. The van der Waals surface area contributed by atoms with Gasteiger partial charge in [-0.15, -0.1) is 0 Å². The molecule has 1 amide bonds. The summed E-state index contributed by atoms with van der Waals surface area (Å²) in [6.45, 7) is 1.22. The standard InChI is InChI=1S/C25H23N3O5S/c26-17-19-1-3-20(4-2-19)21-5-9-23(10-6-21)33-18-25(29)27-22-7-11-24(12-8-22)34(30,31)28-13-15-32-16-14-28/h1-12H,13-16,18H2,(H,27,29). The zero-order chi connectivity index (χ0) is 24.0. The van der Waals surface area contributed by atoms with Crippen LogP contribution in [0.15, 0.2) is 77.7 Å². The van der Waals surface area contributed by atoms with Crippen molar-refractivity contribution < 1.29 is 22.7 Å². The third-order valence-corrected chi connectivity index (χ3v) is 7.23. The Balaban J connectivity index is 1.30. The zero-order valence-electron chi connectivity index (χ0n) is 18.3. The summed E-state index contributed by atoms with van der Waals surface area (Å²) in [6, 6.07) is 22.7. The lowest BCUT2D eigenvalue weighted by Crippen LogP contribution is -2.40. The molecule has 1 aliphatic rings. The number of morpholine rings is 1. The maximum atomic E-state index is 12.7. The van der Waals surface area contributed by atoms with E-state index in [2.05, 4.69) is 11.4 Å². The fourth-order valence-corrected chi connectivity index (χ4v) is 4.88. The lowest BCUT2D eigenvalue weighted by Gasteiger charge is -2.26. The zero-order valence-corrected chi connectivity index (χ0v) is 19.1. The van der Waals surface area contributed by atoms with Gasteiger partial charge in [-0.05, 0) is 59.7 Å². The van der Waals surface area contributed by atoms with Gasteiger partial charge in [-0.1, -0.05) is 24.3 Å². The van der Waals surface area contributed by atoms with Gasteiger partial charge in [0.05, 0.1) is 29.7 Å². The molecule has 0 atom stereocenters. The maximum Gasteiger partial charge on any atom is 0.262 e. The Bertz CT molecular complexity index is 1280. The number of amides is 1. The maximum absolute atomic E-state index is 12.7. The Kier molecular flexibility index (Phi) is 7.23. The normalized spacial score (nSPS) is 14.2. The summed E-state index contributed by atoms with van der Waals surface area (Å²) in [5.41, 5.74) is 3.02. The third-order valence-electron chi connectivity index (χ3n) is 5.32. The molecule has 0 aromatic heterocycles. The average molecular weight is 478 g/mol. The van der Waals surface area contributed by atoms with Crippen LogP contribution in [0.1, 0.15) is 5.56 Å². The van der Waals surface area contributed by atoms with E-state index in [0.717, 1.165) is 11.1 Å². The molecule has 1 aliphatic heterocycles. The van der Waals surface area contributed by atoms with Crippen molar-refractivity contribution in [1.82, 2.24) is 4.31 Å². The van der Waals surface area contributed by atoms with Crippen LogP contribution in [0.3, 0.4) is 0 Å². The SMILES string of the molecule is N#Cc1ccc(-c2ccc(OCC(=O)Nc3ccc(S(=O)(=O)N4CCOCC4)cc3)cc2)cc1. The minimum atomic E-state index is -3.58. The fraction of sp³-hybridized carbons (Fsp3) is 0.200. The molecule has 0 saturated carbocycles. The van der Waals surface area contributed by atoms with E-state index in [9.17, 15) is 13.2 Å². The van der Waals surface area contributed by atoms with Gasteiger partial charge in [-0.25, -0.2) is 8.42 Å². The Morgan fingerprint density at radius 2 is 1.53 bits per heavy atom. The molecule has 0 unspecified atom stereocenters. The van der Waals surface area contributed by atoms with Crippen LogP contribution in [0.25, 0.3) is 11.1 Å². The molecule has 34 heavy (non-hydrogen) atoms. The number of ether oxygens (including phenoxy) is 2. The van der Waals surface area contributed by atoms with Crippen LogP contribution in [0.2, 0.25) is 0 Å². The summed E-state index contributed by atoms with van der Waals surface area (Å²) in [4.78, 5) is 12.4.